The third-order valence-electron chi connectivity index (χ3n) is 7.12. The summed E-state index contributed by atoms with van der Waals surface area (Å²) in [5, 5.41) is 9.56. The molecular weight excluding hydrogens is 510 g/mol. The summed E-state index contributed by atoms with van der Waals surface area (Å²) in [4.78, 5) is 37.5. The molecule has 0 radical (unpaired) electrons. The van der Waals surface area contributed by atoms with Gasteiger partial charge in [0.15, 0.2) is 5.78 Å². The van der Waals surface area contributed by atoms with E-state index in [1.807, 2.05) is 31.3 Å². The minimum atomic E-state index is -0.163. The lowest BCUT2D eigenvalue weighted by atomic mass is 10.1. The van der Waals surface area contributed by atoms with Crippen molar-refractivity contribution in [2.24, 2.45) is 0 Å². The zero-order valence-electron chi connectivity index (χ0n) is 23.1. The molecule has 0 aliphatic carbocycles. The quantitative estimate of drug-likeness (QED) is 0.381. The number of ether oxygens (including phenoxy) is 2. The van der Waals surface area contributed by atoms with Crippen LogP contribution in [0.4, 0.5) is 27.9 Å². The van der Waals surface area contributed by atoms with Gasteiger partial charge in [-0.25, -0.2) is 9.78 Å². The van der Waals surface area contributed by atoms with Gasteiger partial charge in [0.1, 0.15) is 11.6 Å². The van der Waals surface area contributed by atoms with Crippen LogP contribution >= 0.6 is 0 Å². The van der Waals surface area contributed by atoms with Gasteiger partial charge in [-0.3, -0.25) is 4.79 Å². The average molecular weight is 546 g/mol. The summed E-state index contributed by atoms with van der Waals surface area (Å²) in [5.74, 6) is 2.06. The standard InChI is InChI=1S/C29H35N7O4/c1-19-17-31-28(32-23-8-9-24(25(16-23)39-3)26-18-30-10-15-40-26)34-27(19)35-11-13-36(14-12-35)29(38)33-22-6-4-21(5-7-22)20(2)37/h4-9,16-17,26,30H,10-15,18H2,1-3H3,(H,33,38)(H,31,32,34). The summed E-state index contributed by atoms with van der Waals surface area (Å²) in [6, 6.07) is 12.7. The first-order valence-electron chi connectivity index (χ1n) is 13.4. The Bertz CT molecular complexity index is 1350. The third kappa shape index (κ3) is 6.32. The number of anilines is 4. The number of methoxy groups -OCH3 is 1. The third-order valence-corrected chi connectivity index (χ3v) is 7.12. The highest BCUT2D eigenvalue weighted by Gasteiger charge is 2.24. The molecule has 2 aliphatic heterocycles. The van der Waals surface area contributed by atoms with E-state index < -0.39 is 0 Å². The van der Waals surface area contributed by atoms with Crippen molar-refractivity contribution in [3.05, 3.63) is 65.4 Å². The van der Waals surface area contributed by atoms with Crippen molar-refractivity contribution < 1.29 is 19.1 Å². The first-order valence-corrected chi connectivity index (χ1v) is 13.4. The van der Waals surface area contributed by atoms with E-state index in [0.29, 0.717) is 50.0 Å². The van der Waals surface area contributed by atoms with Gasteiger partial charge < -0.3 is 35.2 Å². The van der Waals surface area contributed by atoms with Crippen molar-refractivity contribution in [1.29, 1.82) is 0 Å². The Morgan fingerprint density at radius 1 is 1.07 bits per heavy atom. The molecule has 0 spiro atoms. The Kier molecular flexibility index (Phi) is 8.42. The second kappa shape index (κ2) is 12.3. The minimum absolute atomic E-state index is 0.00691. The summed E-state index contributed by atoms with van der Waals surface area (Å²) in [5.41, 5.74) is 4.05. The summed E-state index contributed by atoms with van der Waals surface area (Å²) in [7, 11) is 1.66. The number of carbonyl (C=O) groups is 2. The lowest BCUT2D eigenvalue weighted by Gasteiger charge is -2.36. The van der Waals surface area contributed by atoms with Crippen LogP contribution in [-0.2, 0) is 4.74 Å². The molecule has 3 N–H and O–H groups in total. The van der Waals surface area contributed by atoms with Crippen LogP contribution in [0.1, 0.15) is 34.5 Å². The van der Waals surface area contributed by atoms with Crippen LogP contribution in [0.5, 0.6) is 5.75 Å². The number of rotatable bonds is 7. The first-order chi connectivity index (χ1) is 19.4. The van der Waals surface area contributed by atoms with Crippen molar-refractivity contribution in [3.8, 4) is 5.75 Å². The molecule has 5 rings (SSSR count). The van der Waals surface area contributed by atoms with Gasteiger partial charge in [-0.1, -0.05) is 6.07 Å². The van der Waals surface area contributed by atoms with E-state index in [-0.39, 0.29) is 17.9 Å². The SMILES string of the molecule is COc1cc(Nc2ncc(C)c(N3CCN(C(=O)Nc4ccc(C(C)=O)cc4)CC3)n2)ccc1C1CNCCO1. The number of benzene rings is 2. The van der Waals surface area contributed by atoms with E-state index >= 15 is 0 Å². The number of hydrogen-bond acceptors (Lipinski definition) is 9. The molecule has 1 atom stereocenters. The van der Waals surface area contributed by atoms with Gasteiger partial charge in [-0.05, 0) is 44.2 Å². The fourth-order valence-corrected chi connectivity index (χ4v) is 4.87. The van der Waals surface area contributed by atoms with Crippen molar-refractivity contribution in [3.63, 3.8) is 0 Å². The van der Waals surface area contributed by atoms with E-state index in [1.54, 1.807) is 36.3 Å². The highest BCUT2D eigenvalue weighted by molar-refractivity contribution is 5.95. The largest absolute Gasteiger partial charge is 0.496 e. The van der Waals surface area contributed by atoms with E-state index in [9.17, 15) is 9.59 Å². The van der Waals surface area contributed by atoms with Crippen LogP contribution < -0.4 is 25.6 Å². The number of carbonyl (C=O) groups excluding carboxylic acids is 2. The molecule has 11 heteroatoms. The van der Waals surface area contributed by atoms with Gasteiger partial charge in [-0.15, -0.1) is 0 Å². The van der Waals surface area contributed by atoms with Crippen LogP contribution in [0.3, 0.4) is 0 Å². The normalized spacial score (nSPS) is 17.3. The molecule has 3 aromatic rings. The molecule has 40 heavy (non-hydrogen) atoms. The first kappa shape index (κ1) is 27.4. The van der Waals surface area contributed by atoms with E-state index in [4.69, 9.17) is 14.5 Å². The van der Waals surface area contributed by atoms with Gasteiger partial charge in [0.2, 0.25) is 5.95 Å². The van der Waals surface area contributed by atoms with Crippen LogP contribution in [0.25, 0.3) is 0 Å². The number of aromatic nitrogens is 2. The second-order valence-corrected chi connectivity index (χ2v) is 9.88. The number of nitrogens with zero attached hydrogens (tertiary/aromatic N) is 4. The molecule has 2 aromatic carbocycles. The Balaban J connectivity index is 1.21. The number of amides is 2. The number of nitrogens with one attached hydrogen (secondary N) is 3. The minimum Gasteiger partial charge on any atom is -0.496 e. The second-order valence-electron chi connectivity index (χ2n) is 9.88. The Hall–Kier alpha value is -4.22. The molecule has 3 heterocycles. The molecule has 1 aromatic heterocycles. The summed E-state index contributed by atoms with van der Waals surface area (Å²) >= 11 is 0. The van der Waals surface area contributed by atoms with Gasteiger partial charge in [-0.2, -0.15) is 4.98 Å². The molecule has 210 valence electrons. The Morgan fingerprint density at radius 3 is 2.50 bits per heavy atom. The van der Waals surface area contributed by atoms with Gasteiger partial charge >= 0.3 is 6.03 Å². The van der Waals surface area contributed by atoms with Crippen LogP contribution in [0, 0.1) is 6.92 Å². The van der Waals surface area contributed by atoms with Crippen molar-refractivity contribution in [2.75, 3.05) is 68.5 Å². The predicted molar refractivity (Wildman–Crippen MR) is 154 cm³/mol. The number of ketones is 1. The molecule has 0 bridgehead atoms. The molecular formula is C29H35N7O4. The van der Waals surface area contributed by atoms with Crippen LogP contribution in [-0.4, -0.2) is 79.7 Å². The molecule has 2 amide bonds. The summed E-state index contributed by atoms with van der Waals surface area (Å²) in [6.07, 6.45) is 1.76. The highest BCUT2D eigenvalue weighted by Crippen LogP contribution is 2.32. The maximum Gasteiger partial charge on any atom is 0.321 e. The van der Waals surface area contributed by atoms with Crippen molar-refractivity contribution >= 4 is 35.0 Å². The van der Waals surface area contributed by atoms with E-state index in [0.717, 1.165) is 41.5 Å². The number of urea groups is 1. The zero-order chi connectivity index (χ0) is 28.1. The highest BCUT2D eigenvalue weighted by atomic mass is 16.5. The number of hydrogen-bond donors (Lipinski definition) is 3. The van der Waals surface area contributed by atoms with Gasteiger partial charge in [0, 0.05) is 79.6 Å². The van der Waals surface area contributed by atoms with Crippen LogP contribution in [0.2, 0.25) is 0 Å². The molecule has 11 nitrogen and oxygen atoms in total. The van der Waals surface area contributed by atoms with Gasteiger partial charge in [0.05, 0.1) is 19.8 Å². The molecule has 2 aliphatic rings. The fourth-order valence-electron chi connectivity index (χ4n) is 4.87. The van der Waals surface area contributed by atoms with Crippen molar-refractivity contribution in [1.82, 2.24) is 20.2 Å². The van der Waals surface area contributed by atoms with E-state index in [2.05, 4.69) is 25.8 Å². The Morgan fingerprint density at radius 2 is 1.82 bits per heavy atom. The molecule has 1 unspecified atom stereocenters. The molecule has 2 fully saturated rings. The van der Waals surface area contributed by atoms with Crippen molar-refractivity contribution in [2.45, 2.75) is 20.0 Å². The van der Waals surface area contributed by atoms with Crippen LogP contribution in [0.15, 0.2) is 48.7 Å². The lowest BCUT2D eigenvalue weighted by Crippen LogP contribution is -2.50. The lowest BCUT2D eigenvalue weighted by molar-refractivity contribution is 0.0263. The smallest absolute Gasteiger partial charge is 0.321 e. The summed E-state index contributed by atoms with van der Waals surface area (Å²) < 4.78 is 11.5. The number of morpholine rings is 1. The fraction of sp³-hybridized carbons (Fsp3) is 0.379. The Labute approximate surface area is 233 Å². The topological polar surface area (TPSA) is 121 Å². The van der Waals surface area contributed by atoms with E-state index in [1.165, 1.54) is 6.92 Å². The number of aryl methyl sites for hydroxylation is 1. The summed E-state index contributed by atoms with van der Waals surface area (Å²) in [6.45, 7) is 8.17. The zero-order valence-corrected chi connectivity index (χ0v) is 23.1. The maximum absolute atomic E-state index is 12.8. The molecule has 0 saturated carbocycles. The monoisotopic (exact) mass is 545 g/mol. The number of piperazine rings is 1. The average Bonchev–Trinajstić information content (AvgIpc) is 2.99. The molecule has 2 saturated heterocycles. The predicted octanol–water partition coefficient (Wildman–Crippen LogP) is 3.75. The maximum atomic E-state index is 12.8. The number of Topliss-reactive ketones (excluding diaryl/α,β-unsaturated/α-hetero) is 1. The van der Waals surface area contributed by atoms with Gasteiger partial charge in [0.25, 0.3) is 0 Å².